The van der Waals surface area contributed by atoms with Crippen LogP contribution in [0.4, 0.5) is 0 Å². The number of allylic oxidation sites excluding steroid dienone is 2. The molecule has 2 rings (SSSR count). The molecule has 0 bridgehead atoms. The molecule has 0 amide bonds. The second-order valence-electron chi connectivity index (χ2n) is 4.73. The maximum Gasteiger partial charge on any atom is 0.139 e. The Labute approximate surface area is 80.2 Å². The van der Waals surface area contributed by atoms with Crippen molar-refractivity contribution in [2.75, 3.05) is 0 Å². The molecule has 2 unspecified atom stereocenters. The van der Waals surface area contributed by atoms with Crippen LogP contribution in [0.15, 0.2) is 11.6 Å². The fraction of sp³-hybridized carbons (Fsp3) is 0.750. The Morgan fingerprint density at radius 3 is 2.69 bits per heavy atom. The highest BCUT2D eigenvalue weighted by atomic mass is 16.1. The minimum absolute atomic E-state index is 0.0551. The van der Waals surface area contributed by atoms with Crippen LogP contribution in [0.5, 0.6) is 0 Å². The van der Waals surface area contributed by atoms with Gasteiger partial charge in [0.2, 0.25) is 0 Å². The van der Waals surface area contributed by atoms with Crippen LogP contribution >= 0.6 is 0 Å². The molecule has 1 heteroatoms. The molecule has 0 heterocycles. The van der Waals surface area contributed by atoms with E-state index in [0.29, 0.717) is 11.7 Å². The van der Waals surface area contributed by atoms with Gasteiger partial charge in [0.05, 0.1) is 0 Å². The minimum atomic E-state index is 0.0551. The van der Waals surface area contributed by atoms with E-state index >= 15 is 0 Å². The summed E-state index contributed by atoms with van der Waals surface area (Å²) in [6.45, 7) is 4.40. The molecule has 13 heavy (non-hydrogen) atoms. The van der Waals surface area contributed by atoms with Crippen molar-refractivity contribution < 1.29 is 4.79 Å². The van der Waals surface area contributed by atoms with Gasteiger partial charge in [-0.05, 0) is 38.5 Å². The molecule has 0 aromatic heterocycles. The molecule has 0 N–H and O–H groups in total. The van der Waals surface area contributed by atoms with Gasteiger partial charge in [-0.15, -0.1) is 0 Å². The maximum atomic E-state index is 11.8. The Balaban J connectivity index is 2.29. The van der Waals surface area contributed by atoms with E-state index in [0.717, 1.165) is 32.1 Å². The van der Waals surface area contributed by atoms with Crippen LogP contribution in [0.2, 0.25) is 0 Å². The van der Waals surface area contributed by atoms with Crippen LogP contribution in [0.3, 0.4) is 0 Å². The Morgan fingerprint density at radius 2 is 2.15 bits per heavy atom. The summed E-state index contributed by atoms with van der Waals surface area (Å²) in [6.07, 6.45) is 7.64. The summed E-state index contributed by atoms with van der Waals surface area (Å²) in [4.78, 5) is 11.8. The van der Waals surface area contributed by atoms with Gasteiger partial charge in [-0.2, -0.15) is 0 Å². The van der Waals surface area contributed by atoms with E-state index < -0.39 is 0 Å². The molecule has 0 saturated heterocycles. The smallest absolute Gasteiger partial charge is 0.139 e. The average molecular weight is 178 g/mol. The molecule has 1 fully saturated rings. The van der Waals surface area contributed by atoms with Gasteiger partial charge in [0.25, 0.3) is 0 Å². The van der Waals surface area contributed by atoms with Crippen LogP contribution in [0.1, 0.15) is 46.0 Å². The molecule has 72 valence electrons. The number of hydrogen-bond donors (Lipinski definition) is 0. The first-order chi connectivity index (χ1) is 6.15. The molecule has 2 aliphatic rings. The summed E-state index contributed by atoms with van der Waals surface area (Å²) in [5, 5.41) is 0. The molecule has 0 aromatic rings. The van der Waals surface area contributed by atoms with Crippen molar-refractivity contribution in [3.8, 4) is 0 Å². The minimum Gasteiger partial charge on any atom is -0.299 e. The van der Waals surface area contributed by atoms with Crippen molar-refractivity contribution >= 4 is 5.78 Å². The van der Waals surface area contributed by atoms with Gasteiger partial charge in [0.15, 0.2) is 0 Å². The third kappa shape index (κ3) is 1.25. The van der Waals surface area contributed by atoms with Crippen LogP contribution in [0.25, 0.3) is 0 Å². The summed E-state index contributed by atoms with van der Waals surface area (Å²) in [5.41, 5.74) is 1.53. The Bertz CT molecular complexity index is 264. The van der Waals surface area contributed by atoms with Crippen molar-refractivity contribution in [1.29, 1.82) is 0 Å². The lowest BCUT2D eigenvalue weighted by Gasteiger charge is -2.36. The van der Waals surface area contributed by atoms with Crippen LogP contribution in [-0.2, 0) is 4.79 Å². The van der Waals surface area contributed by atoms with E-state index in [2.05, 4.69) is 19.9 Å². The highest BCUT2D eigenvalue weighted by molar-refractivity contribution is 5.87. The van der Waals surface area contributed by atoms with Crippen molar-refractivity contribution in [2.45, 2.75) is 46.0 Å². The molecular weight excluding hydrogens is 160 g/mol. The molecular formula is C12H18O. The fourth-order valence-corrected chi connectivity index (χ4v) is 3.02. The van der Waals surface area contributed by atoms with Crippen molar-refractivity contribution in [3.63, 3.8) is 0 Å². The zero-order valence-corrected chi connectivity index (χ0v) is 8.60. The number of carbonyl (C=O) groups excluding carboxylic acids is 1. The summed E-state index contributed by atoms with van der Waals surface area (Å²) >= 11 is 0. The third-order valence-electron chi connectivity index (χ3n) is 3.95. The summed E-state index contributed by atoms with van der Waals surface area (Å²) in [6, 6.07) is 0. The van der Waals surface area contributed by atoms with Crippen molar-refractivity contribution in [3.05, 3.63) is 11.6 Å². The first-order valence-electron chi connectivity index (χ1n) is 5.36. The number of rotatable bonds is 0. The number of carbonyl (C=O) groups is 1. The van der Waals surface area contributed by atoms with Crippen LogP contribution in [0, 0.1) is 11.3 Å². The number of ketones is 1. The van der Waals surface area contributed by atoms with Crippen LogP contribution in [-0.4, -0.2) is 5.78 Å². The van der Waals surface area contributed by atoms with Gasteiger partial charge >= 0.3 is 0 Å². The molecule has 2 aliphatic carbocycles. The molecule has 0 radical (unpaired) electrons. The first-order valence-corrected chi connectivity index (χ1v) is 5.36. The normalized spacial score (nSPS) is 39.7. The quantitative estimate of drug-likeness (QED) is 0.521. The van der Waals surface area contributed by atoms with Gasteiger partial charge in [-0.25, -0.2) is 0 Å². The lowest BCUT2D eigenvalue weighted by atomic mass is 9.67. The molecule has 1 nitrogen and oxygen atoms in total. The Kier molecular flexibility index (Phi) is 2.05. The predicted molar refractivity (Wildman–Crippen MR) is 53.4 cm³/mol. The van der Waals surface area contributed by atoms with Gasteiger partial charge in [-0.1, -0.05) is 18.6 Å². The maximum absolute atomic E-state index is 11.8. The highest BCUT2D eigenvalue weighted by Crippen LogP contribution is 2.49. The molecule has 0 aromatic carbocycles. The van der Waals surface area contributed by atoms with Gasteiger partial charge in [-0.3, -0.25) is 4.79 Å². The monoisotopic (exact) mass is 178 g/mol. The van der Waals surface area contributed by atoms with Crippen molar-refractivity contribution in [1.82, 2.24) is 0 Å². The van der Waals surface area contributed by atoms with E-state index in [9.17, 15) is 4.79 Å². The number of hydrogen-bond acceptors (Lipinski definition) is 1. The van der Waals surface area contributed by atoms with E-state index in [1.807, 2.05) is 0 Å². The van der Waals surface area contributed by atoms with Gasteiger partial charge in [0, 0.05) is 11.8 Å². The van der Waals surface area contributed by atoms with E-state index in [-0.39, 0.29) is 5.41 Å². The van der Waals surface area contributed by atoms with Crippen LogP contribution < -0.4 is 0 Å². The van der Waals surface area contributed by atoms with E-state index in [1.54, 1.807) is 0 Å². The SMILES string of the molecule is CC1=CC(C)C2(CCCC2=O)CC1. The van der Waals surface area contributed by atoms with Crippen molar-refractivity contribution in [2.24, 2.45) is 11.3 Å². The topological polar surface area (TPSA) is 17.1 Å². The van der Waals surface area contributed by atoms with Gasteiger partial charge in [0.1, 0.15) is 5.78 Å². The highest BCUT2D eigenvalue weighted by Gasteiger charge is 2.46. The van der Waals surface area contributed by atoms with E-state index in [4.69, 9.17) is 0 Å². The van der Waals surface area contributed by atoms with E-state index in [1.165, 1.54) is 5.57 Å². The zero-order valence-electron chi connectivity index (χ0n) is 8.60. The third-order valence-corrected chi connectivity index (χ3v) is 3.95. The Hall–Kier alpha value is -0.590. The second-order valence-corrected chi connectivity index (χ2v) is 4.73. The summed E-state index contributed by atoms with van der Waals surface area (Å²) < 4.78 is 0. The molecule has 2 atom stereocenters. The summed E-state index contributed by atoms with van der Waals surface area (Å²) in [7, 11) is 0. The molecule has 1 saturated carbocycles. The number of Topliss-reactive ketones (excluding diaryl/α,β-unsaturated/α-hetero) is 1. The predicted octanol–water partition coefficient (Wildman–Crippen LogP) is 3.10. The standard InChI is InChI=1S/C12H18O/c1-9-5-7-12(10(2)8-9)6-3-4-11(12)13/h8,10H,3-7H2,1-2H3. The average Bonchev–Trinajstić information content (AvgIpc) is 2.43. The van der Waals surface area contributed by atoms with Gasteiger partial charge < -0.3 is 0 Å². The largest absolute Gasteiger partial charge is 0.299 e. The second kappa shape index (κ2) is 2.97. The lowest BCUT2D eigenvalue weighted by molar-refractivity contribution is -0.128. The Morgan fingerprint density at radius 1 is 1.38 bits per heavy atom. The zero-order chi connectivity index (χ0) is 9.47. The lowest BCUT2D eigenvalue weighted by Crippen LogP contribution is -2.34. The fourth-order valence-electron chi connectivity index (χ4n) is 3.02. The first kappa shape index (κ1) is 8.98. The molecule has 1 spiro atoms. The molecule has 0 aliphatic heterocycles. The summed E-state index contributed by atoms with van der Waals surface area (Å²) in [5.74, 6) is 1.01.